The van der Waals surface area contributed by atoms with Crippen molar-refractivity contribution in [3.05, 3.63) is 46.5 Å². The third-order valence-corrected chi connectivity index (χ3v) is 10.9. The van der Waals surface area contributed by atoms with Crippen LogP contribution in [0, 0.1) is 0 Å². The zero-order valence-corrected chi connectivity index (χ0v) is 33.3. The number of ketones is 1. The lowest BCUT2D eigenvalue weighted by Crippen LogP contribution is -2.23. The second kappa shape index (κ2) is 15.6. The summed E-state index contributed by atoms with van der Waals surface area (Å²) < 4.78 is 5.27. The van der Waals surface area contributed by atoms with Gasteiger partial charge in [-0.05, 0) is 72.6 Å². The molecular weight excluding hydrogens is 625 g/mol. The summed E-state index contributed by atoms with van der Waals surface area (Å²) in [5.74, 6) is 0.417. The number of hydrogen-bond donors (Lipinski definition) is 2. The highest BCUT2D eigenvalue weighted by Crippen LogP contribution is 2.51. The van der Waals surface area contributed by atoms with Gasteiger partial charge < -0.3 is 14.9 Å². The van der Waals surface area contributed by atoms with Crippen LogP contribution in [0.15, 0.2) is 34.1 Å². The molecule has 47 heavy (non-hydrogen) atoms. The van der Waals surface area contributed by atoms with Gasteiger partial charge in [0.25, 0.3) is 0 Å². The monoisotopic (exact) mass is 686 g/mol. The maximum absolute atomic E-state index is 12.4. The third-order valence-electron chi connectivity index (χ3n) is 8.45. The molecule has 0 aliphatic rings. The average Bonchev–Trinajstić information content (AvgIpc) is 2.90. The second-order valence-corrected chi connectivity index (χ2v) is 20.7. The third kappa shape index (κ3) is 12.1. The molecule has 0 bridgehead atoms. The Morgan fingerprint density at radius 3 is 1.45 bits per heavy atom. The summed E-state index contributed by atoms with van der Waals surface area (Å²) in [6, 6.07) is 8.46. The van der Waals surface area contributed by atoms with Gasteiger partial charge in [0.1, 0.15) is 17.3 Å². The normalized spacial score (nSPS) is 13.1. The lowest BCUT2D eigenvalue weighted by atomic mass is 9.77. The number of Topliss-reactive ketones (excluding diaryl/α,β-unsaturated/α-hetero) is 1. The molecule has 0 saturated carbocycles. The first-order chi connectivity index (χ1) is 21.3. The highest BCUT2D eigenvalue weighted by molar-refractivity contribution is 8.18. The van der Waals surface area contributed by atoms with Crippen molar-refractivity contribution in [3.8, 4) is 11.5 Å². The zero-order chi connectivity index (χ0) is 36.2. The summed E-state index contributed by atoms with van der Waals surface area (Å²) >= 11 is 3.53. The van der Waals surface area contributed by atoms with Gasteiger partial charge in [-0.3, -0.25) is 9.59 Å². The summed E-state index contributed by atoms with van der Waals surface area (Å²) in [5, 5.41) is 22.8. The van der Waals surface area contributed by atoms with Gasteiger partial charge in [-0.15, -0.1) is 23.5 Å². The number of benzene rings is 2. The topological polar surface area (TPSA) is 83.8 Å². The Bertz CT molecular complexity index is 1370. The molecule has 0 radical (unpaired) electrons. The Labute approximate surface area is 294 Å². The SMILES string of the molecule is CCCCC(=O)CCC(=O)OCCC(C)(C)c1cc(SC(C)(C)Sc2cc(C(C)(C)C)c(O)c(C(C)(C)C)c2)cc(C(C)(C)C)c1O. The van der Waals surface area contributed by atoms with Crippen molar-refractivity contribution < 1.29 is 24.5 Å². The number of unbranched alkanes of at least 4 members (excludes halogenated alkanes) is 1. The highest BCUT2D eigenvalue weighted by Gasteiger charge is 2.33. The molecule has 0 spiro atoms. The van der Waals surface area contributed by atoms with Gasteiger partial charge in [-0.25, -0.2) is 0 Å². The second-order valence-electron chi connectivity index (χ2n) is 17.1. The van der Waals surface area contributed by atoms with Crippen molar-refractivity contribution in [2.24, 2.45) is 0 Å². The van der Waals surface area contributed by atoms with Crippen LogP contribution in [0.4, 0.5) is 0 Å². The Balaban J connectivity index is 2.37. The van der Waals surface area contributed by atoms with E-state index in [4.69, 9.17) is 4.74 Å². The van der Waals surface area contributed by atoms with E-state index in [1.54, 1.807) is 23.5 Å². The molecule has 0 atom stereocenters. The lowest BCUT2D eigenvalue weighted by Gasteiger charge is -2.32. The van der Waals surface area contributed by atoms with E-state index in [2.05, 4.69) is 114 Å². The number of hydrogen-bond acceptors (Lipinski definition) is 7. The molecule has 0 aliphatic heterocycles. The smallest absolute Gasteiger partial charge is 0.306 e. The van der Waals surface area contributed by atoms with E-state index in [1.807, 2.05) is 6.92 Å². The number of ether oxygens (including phenoxy) is 1. The van der Waals surface area contributed by atoms with Gasteiger partial charge in [0.2, 0.25) is 0 Å². The van der Waals surface area contributed by atoms with Gasteiger partial charge in [-0.2, -0.15) is 0 Å². The number of thioether (sulfide) groups is 2. The van der Waals surface area contributed by atoms with E-state index in [-0.39, 0.29) is 57.3 Å². The summed E-state index contributed by atoms with van der Waals surface area (Å²) in [6.45, 7) is 29.9. The molecule has 7 heteroatoms. The van der Waals surface area contributed by atoms with Crippen molar-refractivity contribution in [1.82, 2.24) is 0 Å². The van der Waals surface area contributed by atoms with Gasteiger partial charge in [0, 0.05) is 44.9 Å². The Kier molecular flexibility index (Phi) is 13.6. The fourth-order valence-corrected chi connectivity index (χ4v) is 8.11. The summed E-state index contributed by atoms with van der Waals surface area (Å²) in [7, 11) is 0. The van der Waals surface area contributed by atoms with Gasteiger partial charge >= 0.3 is 5.97 Å². The van der Waals surface area contributed by atoms with Gasteiger partial charge in [0.05, 0.1) is 17.1 Å². The number of esters is 1. The molecule has 2 rings (SSSR count). The van der Waals surface area contributed by atoms with Crippen LogP contribution in [0.3, 0.4) is 0 Å². The minimum atomic E-state index is -0.477. The molecule has 0 aliphatic carbocycles. The first kappa shape index (κ1) is 41.1. The number of phenolic OH excluding ortho intramolecular Hbond substituents is 2. The van der Waals surface area contributed by atoms with E-state index in [0.717, 1.165) is 44.9 Å². The van der Waals surface area contributed by atoms with E-state index in [9.17, 15) is 19.8 Å². The Morgan fingerprint density at radius 2 is 1.04 bits per heavy atom. The summed E-state index contributed by atoms with van der Waals surface area (Å²) in [6.07, 6.45) is 3.19. The van der Waals surface area contributed by atoms with Gasteiger partial charge in [-0.1, -0.05) is 89.5 Å². The van der Waals surface area contributed by atoms with Gasteiger partial charge in [0.15, 0.2) is 0 Å². The summed E-state index contributed by atoms with van der Waals surface area (Å²) in [4.78, 5) is 26.5. The minimum absolute atomic E-state index is 0.105. The van der Waals surface area contributed by atoms with E-state index in [0.29, 0.717) is 18.6 Å². The number of aromatic hydroxyl groups is 2. The molecule has 2 aromatic rings. The molecule has 0 amide bonds. The van der Waals surface area contributed by atoms with Crippen LogP contribution in [0.2, 0.25) is 0 Å². The van der Waals surface area contributed by atoms with Crippen LogP contribution >= 0.6 is 23.5 Å². The quantitative estimate of drug-likeness (QED) is 0.116. The molecule has 0 unspecified atom stereocenters. The van der Waals surface area contributed by atoms with Crippen LogP contribution in [-0.2, 0) is 36.0 Å². The number of rotatable bonds is 14. The minimum Gasteiger partial charge on any atom is -0.507 e. The van der Waals surface area contributed by atoms with E-state index in [1.165, 1.54) is 0 Å². The predicted octanol–water partition coefficient (Wildman–Crippen LogP) is 11.4. The van der Waals surface area contributed by atoms with Crippen LogP contribution in [0.1, 0.15) is 158 Å². The van der Waals surface area contributed by atoms with Crippen molar-refractivity contribution in [2.75, 3.05) is 6.61 Å². The fraction of sp³-hybridized carbons (Fsp3) is 0.650. The van der Waals surface area contributed by atoms with Crippen LogP contribution < -0.4 is 0 Å². The van der Waals surface area contributed by atoms with Crippen molar-refractivity contribution >= 4 is 35.3 Å². The van der Waals surface area contributed by atoms with Crippen LogP contribution in [0.25, 0.3) is 0 Å². The number of carbonyl (C=O) groups excluding carboxylic acids is 2. The zero-order valence-electron chi connectivity index (χ0n) is 31.7. The lowest BCUT2D eigenvalue weighted by molar-refractivity contribution is -0.145. The van der Waals surface area contributed by atoms with Crippen molar-refractivity contribution in [3.63, 3.8) is 0 Å². The van der Waals surface area contributed by atoms with E-state index < -0.39 is 5.41 Å². The molecule has 0 aromatic heterocycles. The Morgan fingerprint density at radius 1 is 0.638 bits per heavy atom. The van der Waals surface area contributed by atoms with Crippen molar-refractivity contribution in [1.29, 1.82) is 0 Å². The maximum Gasteiger partial charge on any atom is 0.306 e. The first-order valence-electron chi connectivity index (χ1n) is 17.1. The average molecular weight is 687 g/mol. The molecule has 5 nitrogen and oxygen atoms in total. The Hall–Kier alpha value is -2.12. The fourth-order valence-electron chi connectivity index (χ4n) is 5.52. The first-order valence-corrected chi connectivity index (χ1v) is 18.7. The highest BCUT2D eigenvalue weighted by atomic mass is 32.2. The molecule has 0 saturated heterocycles. The van der Waals surface area contributed by atoms with E-state index >= 15 is 0 Å². The standard InChI is InChI=1S/C40H62O5S2/c1-15-16-17-26(41)18-19-33(42)45-21-20-39(11,12)32-25-28(24-31(35(32)44)38(8,9)10)47-40(13,14)46-27-22-29(36(2,3)4)34(43)30(23-27)37(5,6)7/h22-25,43-44H,15-21H2,1-14H3. The molecular formula is C40H62O5S2. The van der Waals surface area contributed by atoms with Crippen molar-refractivity contribution in [2.45, 2.75) is 171 Å². The largest absolute Gasteiger partial charge is 0.507 e. The molecule has 0 heterocycles. The molecule has 0 fully saturated rings. The number of phenols is 2. The molecule has 2 aromatic carbocycles. The summed E-state index contributed by atoms with van der Waals surface area (Å²) in [5.41, 5.74) is 2.41. The predicted molar refractivity (Wildman–Crippen MR) is 200 cm³/mol. The number of carbonyl (C=O) groups is 2. The molecule has 2 N–H and O–H groups in total. The molecule has 264 valence electrons. The van der Waals surface area contributed by atoms with Crippen LogP contribution in [-0.4, -0.2) is 32.7 Å². The van der Waals surface area contributed by atoms with Crippen LogP contribution in [0.5, 0.6) is 11.5 Å². The maximum atomic E-state index is 12.4.